The zero-order chi connectivity index (χ0) is 10.1. The molecule has 1 aromatic rings. The molecule has 1 heterocycles. The SMILES string of the molecule is CC(C)(C)CC(Br)c1sccc1Cl. The highest BCUT2D eigenvalue weighted by molar-refractivity contribution is 9.09. The average Bonchev–Trinajstić information content (AvgIpc) is 2.30. The van der Waals surface area contributed by atoms with Crippen LogP contribution in [0.5, 0.6) is 0 Å². The minimum atomic E-state index is 0.335. The summed E-state index contributed by atoms with van der Waals surface area (Å²) in [6.45, 7) is 6.72. The van der Waals surface area contributed by atoms with Gasteiger partial charge in [0.15, 0.2) is 0 Å². The fourth-order valence-corrected chi connectivity index (χ4v) is 4.00. The Morgan fingerprint density at radius 3 is 2.54 bits per heavy atom. The minimum absolute atomic E-state index is 0.335. The van der Waals surface area contributed by atoms with Crippen LogP contribution in [0.1, 0.15) is 36.9 Å². The summed E-state index contributed by atoms with van der Waals surface area (Å²) in [5.41, 5.74) is 0.335. The normalized spacial score (nSPS) is 14.5. The van der Waals surface area contributed by atoms with Crippen molar-refractivity contribution in [2.45, 2.75) is 32.0 Å². The van der Waals surface area contributed by atoms with Gasteiger partial charge in [-0.05, 0) is 23.3 Å². The van der Waals surface area contributed by atoms with Crippen LogP contribution in [0.2, 0.25) is 5.02 Å². The van der Waals surface area contributed by atoms with Crippen molar-refractivity contribution < 1.29 is 0 Å². The quantitative estimate of drug-likeness (QED) is 0.648. The highest BCUT2D eigenvalue weighted by atomic mass is 79.9. The first-order chi connectivity index (χ1) is 5.90. The number of alkyl halides is 1. The Labute approximate surface area is 97.4 Å². The molecule has 3 heteroatoms. The second-order valence-corrected chi connectivity index (χ2v) is 6.83. The molecule has 0 aromatic carbocycles. The molecule has 0 amide bonds. The standard InChI is InChI=1S/C10H14BrClS/c1-10(2,3)6-7(11)9-8(12)4-5-13-9/h4-5,7H,6H2,1-3H3. The Bertz CT molecular complexity index is 275. The number of rotatable bonds is 2. The van der Waals surface area contributed by atoms with Gasteiger partial charge in [-0.25, -0.2) is 0 Å². The van der Waals surface area contributed by atoms with Crippen molar-refractivity contribution in [3.8, 4) is 0 Å². The smallest absolute Gasteiger partial charge is 0.0556 e. The van der Waals surface area contributed by atoms with E-state index in [1.54, 1.807) is 11.3 Å². The summed E-state index contributed by atoms with van der Waals surface area (Å²) in [5, 5.41) is 2.92. The lowest BCUT2D eigenvalue weighted by Crippen LogP contribution is -2.07. The van der Waals surface area contributed by atoms with Crippen molar-refractivity contribution in [3.05, 3.63) is 21.3 Å². The van der Waals surface area contributed by atoms with E-state index >= 15 is 0 Å². The summed E-state index contributed by atoms with van der Waals surface area (Å²) >= 11 is 11.4. The van der Waals surface area contributed by atoms with Crippen LogP contribution in [0.15, 0.2) is 11.4 Å². The van der Waals surface area contributed by atoms with Gasteiger partial charge in [0.25, 0.3) is 0 Å². The van der Waals surface area contributed by atoms with Gasteiger partial charge in [0.1, 0.15) is 0 Å². The summed E-state index contributed by atoms with van der Waals surface area (Å²) in [5.74, 6) is 0. The zero-order valence-corrected chi connectivity index (χ0v) is 11.3. The number of hydrogen-bond donors (Lipinski definition) is 0. The average molecular weight is 282 g/mol. The monoisotopic (exact) mass is 280 g/mol. The summed E-state index contributed by atoms with van der Waals surface area (Å²) < 4.78 is 0. The van der Waals surface area contributed by atoms with Crippen LogP contribution in [0.3, 0.4) is 0 Å². The maximum absolute atomic E-state index is 6.04. The van der Waals surface area contributed by atoms with Crippen molar-refractivity contribution in [3.63, 3.8) is 0 Å². The van der Waals surface area contributed by atoms with E-state index in [9.17, 15) is 0 Å². The number of halogens is 2. The Morgan fingerprint density at radius 1 is 1.54 bits per heavy atom. The summed E-state index contributed by atoms with van der Waals surface area (Å²) in [7, 11) is 0. The van der Waals surface area contributed by atoms with Gasteiger partial charge >= 0.3 is 0 Å². The van der Waals surface area contributed by atoms with Crippen LogP contribution in [0, 0.1) is 5.41 Å². The Kier molecular flexibility index (Phi) is 3.84. The van der Waals surface area contributed by atoms with Gasteiger partial charge in [-0.2, -0.15) is 0 Å². The molecule has 0 saturated heterocycles. The Hall–Kier alpha value is 0.470. The summed E-state index contributed by atoms with van der Waals surface area (Å²) in [6, 6.07) is 1.96. The Balaban J connectivity index is 2.69. The molecular weight excluding hydrogens is 268 g/mol. The van der Waals surface area contributed by atoms with E-state index in [0.717, 1.165) is 11.4 Å². The molecule has 1 atom stereocenters. The molecule has 0 saturated carbocycles. The second kappa shape index (κ2) is 4.33. The topological polar surface area (TPSA) is 0 Å². The molecule has 1 unspecified atom stereocenters. The van der Waals surface area contributed by atoms with Gasteiger partial charge in [-0.1, -0.05) is 48.3 Å². The summed E-state index contributed by atoms with van der Waals surface area (Å²) in [6.07, 6.45) is 1.10. The molecule has 13 heavy (non-hydrogen) atoms. The van der Waals surface area contributed by atoms with E-state index in [1.165, 1.54) is 4.88 Å². The third-order valence-electron chi connectivity index (χ3n) is 1.72. The number of hydrogen-bond acceptors (Lipinski definition) is 1. The third kappa shape index (κ3) is 3.61. The lowest BCUT2D eigenvalue weighted by Gasteiger charge is -2.21. The van der Waals surface area contributed by atoms with E-state index in [1.807, 2.05) is 11.4 Å². The van der Waals surface area contributed by atoms with Crippen molar-refractivity contribution in [1.82, 2.24) is 0 Å². The maximum atomic E-state index is 6.04. The van der Waals surface area contributed by atoms with Gasteiger partial charge in [-0.15, -0.1) is 11.3 Å². The largest absolute Gasteiger partial charge is 0.146 e. The van der Waals surface area contributed by atoms with Gasteiger partial charge in [0, 0.05) is 4.88 Å². The van der Waals surface area contributed by atoms with Gasteiger partial charge in [-0.3, -0.25) is 0 Å². The molecule has 0 radical (unpaired) electrons. The second-order valence-electron chi connectivity index (χ2n) is 4.37. The van der Waals surface area contributed by atoms with Crippen molar-refractivity contribution >= 4 is 38.9 Å². The predicted octanol–water partition coefficient (Wildman–Crippen LogP) is 5.27. The highest BCUT2D eigenvalue weighted by Gasteiger charge is 2.20. The highest BCUT2D eigenvalue weighted by Crippen LogP contribution is 2.41. The van der Waals surface area contributed by atoms with Crippen LogP contribution < -0.4 is 0 Å². The van der Waals surface area contributed by atoms with Crippen LogP contribution in [-0.4, -0.2) is 0 Å². The lowest BCUT2D eigenvalue weighted by atomic mass is 9.90. The van der Waals surface area contributed by atoms with Crippen LogP contribution >= 0.6 is 38.9 Å². The van der Waals surface area contributed by atoms with Gasteiger partial charge < -0.3 is 0 Å². The van der Waals surface area contributed by atoms with Gasteiger partial charge in [0.05, 0.1) is 9.85 Å². The molecule has 0 spiro atoms. The molecule has 0 aliphatic carbocycles. The molecule has 0 fully saturated rings. The first kappa shape index (κ1) is 11.5. The van der Waals surface area contributed by atoms with Gasteiger partial charge in [0.2, 0.25) is 0 Å². The van der Waals surface area contributed by atoms with Crippen molar-refractivity contribution in [1.29, 1.82) is 0 Å². The predicted molar refractivity (Wildman–Crippen MR) is 65.1 cm³/mol. The minimum Gasteiger partial charge on any atom is -0.146 e. The zero-order valence-electron chi connectivity index (χ0n) is 8.10. The van der Waals surface area contributed by atoms with Crippen LogP contribution in [-0.2, 0) is 0 Å². The fourth-order valence-electron chi connectivity index (χ4n) is 1.16. The first-order valence-electron chi connectivity index (χ1n) is 4.27. The Morgan fingerprint density at radius 2 is 2.15 bits per heavy atom. The van der Waals surface area contributed by atoms with E-state index in [-0.39, 0.29) is 0 Å². The molecule has 0 nitrogen and oxygen atoms in total. The van der Waals surface area contributed by atoms with Crippen molar-refractivity contribution in [2.75, 3.05) is 0 Å². The molecule has 0 N–H and O–H groups in total. The molecule has 0 aliphatic heterocycles. The van der Waals surface area contributed by atoms with E-state index in [2.05, 4.69) is 36.7 Å². The molecular formula is C10H14BrClS. The van der Waals surface area contributed by atoms with E-state index in [4.69, 9.17) is 11.6 Å². The summed E-state index contributed by atoms with van der Waals surface area (Å²) in [4.78, 5) is 1.64. The first-order valence-corrected chi connectivity index (χ1v) is 6.44. The van der Waals surface area contributed by atoms with Crippen molar-refractivity contribution in [2.24, 2.45) is 5.41 Å². The lowest BCUT2D eigenvalue weighted by molar-refractivity contribution is 0.378. The molecule has 0 aliphatic rings. The number of thiophene rings is 1. The third-order valence-corrected chi connectivity index (χ3v) is 4.28. The van der Waals surface area contributed by atoms with Crippen LogP contribution in [0.25, 0.3) is 0 Å². The molecule has 0 bridgehead atoms. The molecule has 74 valence electrons. The maximum Gasteiger partial charge on any atom is 0.0556 e. The van der Waals surface area contributed by atoms with E-state index in [0.29, 0.717) is 10.2 Å². The molecule has 1 aromatic heterocycles. The van der Waals surface area contributed by atoms with Crippen LogP contribution in [0.4, 0.5) is 0 Å². The van der Waals surface area contributed by atoms with E-state index < -0.39 is 0 Å². The fraction of sp³-hybridized carbons (Fsp3) is 0.600. The molecule has 1 rings (SSSR count).